The monoisotopic (exact) mass is 389 g/mol. The Kier molecular flexibility index (Phi) is 4.51. The second-order valence-corrected chi connectivity index (χ2v) is 8.40. The average molecular weight is 389 g/mol. The van der Waals surface area contributed by atoms with E-state index >= 15 is 0 Å². The highest BCUT2D eigenvalue weighted by Gasteiger charge is 2.37. The molecule has 0 amide bonds. The van der Waals surface area contributed by atoms with Crippen molar-refractivity contribution in [3.63, 3.8) is 0 Å². The van der Waals surface area contributed by atoms with Crippen molar-refractivity contribution in [1.82, 2.24) is 9.78 Å². The van der Waals surface area contributed by atoms with Crippen LogP contribution in [0.4, 0.5) is 24.7 Å². The third kappa shape index (κ3) is 4.01. The molecule has 0 fully saturated rings. The zero-order valence-electron chi connectivity index (χ0n) is 14.2. The van der Waals surface area contributed by atoms with Gasteiger partial charge in [-0.1, -0.05) is 6.92 Å². The summed E-state index contributed by atoms with van der Waals surface area (Å²) >= 11 is 0. The van der Waals surface area contributed by atoms with Gasteiger partial charge in [0.15, 0.2) is 0 Å². The maximum atomic E-state index is 12.8. The van der Waals surface area contributed by atoms with E-state index < -0.39 is 27.3 Å². The zero-order valence-corrected chi connectivity index (χ0v) is 15.0. The van der Waals surface area contributed by atoms with Crippen LogP contribution in [0.2, 0.25) is 0 Å². The smallest absolute Gasteiger partial charge is 0.326 e. The first-order valence-corrected chi connectivity index (χ1v) is 9.60. The summed E-state index contributed by atoms with van der Waals surface area (Å²) in [7, 11) is -3.60. The van der Waals surface area contributed by atoms with E-state index in [2.05, 4.69) is 5.10 Å². The second kappa shape index (κ2) is 6.27. The number of aromatic nitrogens is 2. The molecular weight excluding hydrogens is 371 g/mol. The lowest BCUT2D eigenvalue weighted by Crippen LogP contribution is -2.45. The van der Waals surface area contributed by atoms with Crippen LogP contribution >= 0.6 is 0 Å². The summed E-state index contributed by atoms with van der Waals surface area (Å²) < 4.78 is 67.7. The van der Waals surface area contributed by atoms with Gasteiger partial charge in [0.1, 0.15) is 5.82 Å². The Hall–Kier alpha value is -2.07. The average Bonchev–Trinajstić information content (AvgIpc) is 2.99. The Morgan fingerprint density at radius 2 is 1.85 bits per heavy atom. The van der Waals surface area contributed by atoms with E-state index in [4.69, 9.17) is 4.18 Å². The van der Waals surface area contributed by atoms with Crippen molar-refractivity contribution in [2.24, 2.45) is 5.41 Å². The molecule has 1 aromatic heterocycles. The molecule has 1 aromatic carbocycles. The Morgan fingerprint density at radius 1 is 1.19 bits per heavy atom. The third-order valence-electron chi connectivity index (χ3n) is 4.17. The molecule has 1 aliphatic rings. The fraction of sp³-hybridized carbons (Fsp3) is 0.438. The van der Waals surface area contributed by atoms with E-state index in [0.717, 1.165) is 24.2 Å². The predicted octanol–water partition coefficient (Wildman–Crippen LogP) is 3.04. The Labute approximate surface area is 149 Å². The SMILES string of the molecule is CC1(COS(C)(=O)=O)CN(c2ccc(C(F)(F)F)cc2)c2ccnn2C1. The molecule has 0 radical (unpaired) electrons. The molecule has 0 aliphatic carbocycles. The number of rotatable bonds is 4. The van der Waals surface area contributed by atoms with Gasteiger partial charge < -0.3 is 4.90 Å². The molecule has 0 saturated carbocycles. The van der Waals surface area contributed by atoms with Crippen LogP contribution in [0.5, 0.6) is 0 Å². The third-order valence-corrected chi connectivity index (χ3v) is 4.72. The lowest BCUT2D eigenvalue weighted by atomic mass is 9.89. The van der Waals surface area contributed by atoms with Gasteiger partial charge in [-0.15, -0.1) is 0 Å². The fourth-order valence-electron chi connectivity index (χ4n) is 2.95. The number of benzene rings is 1. The molecule has 6 nitrogen and oxygen atoms in total. The van der Waals surface area contributed by atoms with Gasteiger partial charge in [-0.05, 0) is 24.3 Å². The van der Waals surface area contributed by atoms with Crippen LogP contribution < -0.4 is 4.90 Å². The minimum Gasteiger partial charge on any atom is -0.326 e. The largest absolute Gasteiger partial charge is 0.416 e. The normalized spacial score (nSPS) is 20.9. The van der Waals surface area contributed by atoms with E-state index in [1.54, 1.807) is 16.9 Å². The van der Waals surface area contributed by atoms with Crippen LogP contribution in [0.1, 0.15) is 12.5 Å². The summed E-state index contributed by atoms with van der Waals surface area (Å²) in [5, 5.41) is 4.22. The standard InChI is InChI=1S/C16H18F3N3O3S/c1-15(11-25-26(2,23)24)9-21(14-7-8-20-22(14)10-15)13-5-3-12(4-6-13)16(17,18)19/h3-8H,9-11H2,1-2H3. The Bertz CT molecular complexity index is 893. The molecule has 142 valence electrons. The van der Waals surface area contributed by atoms with Crippen molar-refractivity contribution in [1.29, 1.82) is 0 Å². The maximum absolute atomic E-state index is 12.8. The van der Waals surface area contributed by atoms with Crippen LogP contribution in [0.15, 0.2) is 36.5 Å². The maximum Gasteiger partial charge on any atom is 0.416 e. The summed E-state index contributed by atoms with van der Waals surface area (Å²) in [5.41, 5.74) is -0.759. The first-order chi connectivity index (χ1) is 12.0. The van der Waals surface area contributed by atoms with Gasteiger partial charge >= 0.3 is 6.18 Å². The van der Waals surface area contributed by atoms with Crippen molar-refractivity contribution in [2.45, 2.75) is 19.6 Å². The lowest BCUT2D eigenvalue weighted by Gasteiger charge is -2.41. The van der Waals surface area contributed by atoms with Gasteiger partial charge in [-0.3, -0.25) is 4.18 Å². The number of hydrogen-bond donors (Lipinski definition) is 0. The minimum atomic E-state index is -4.40. The van der Waals surface area contributed by atoms with Crippen LogP contribution in [0.25, 0.3) is 0 Å². The van der Waals surface area contributed by atoms with E-state index in [9.17, 15) is 21.6 Å². The molecular formula is C16H18F3N3O3S. The predicted molar refractivity (Wildman–Crippen MR) is 89.6 cm³/mol. The van der Waals surface area contributed by atoms with E-state index in [1.807, 2.05) is 11.8 Å². The number of anilines is 2. The van der Waals surface area contributed by atoms with E-state index in [-0.39, 0.29) is 6.61 Å². The number of halogens is 3. The lowest BCUT2D eigenvalue weighted by molar-refractivity contribution is -0.137. The second-order valence-electron chi connectivity index (χ2n) is 6.75. The number of alkyl halides is 3. The fourth-order valence-corrected chi connectivity index (χ4v) is 3.44. The molecule has 1 atom stereocenters. The summed E-state index contributed by atoms with van der Waals surface area (Å²) in [6.45, 7) is 2.60. The Morgan fingerprint density at radius 3 is 2.42 bits per heavy atom. The van der Waals surface area contributed by atoms with Crippen LogP contribution in [-0.4, -0.2) is 37.6 Å². The van der Waals surface area contributed by atoms with Gasteiger partial charge in [-0.2, -0.15) is 26.7 Å². The van der Waals surface area contributed by atoms with Crippen molar-refractivity contribution >= 4 is 21.6 Å². The van der Waals surface area contributed by atoms with Gasteiger partial charge in [0.25, 0.3) is 10.1 Å². The van der Waals surface area contributed by atoms with Gasteiger partial charge in [0.2, 0.25) is 0 Å². The zero-order chi connectivity index (χ0) is 19.2. The number of fused-ring (bicyclic) bond motifs is 1. The van der Waals surface area contributed by atoms with Gasteiger partial charge in [0.05, 0.1) is 31.2 Å². The highest BCUT2D eigenvalue weighted by Crippen LogP contribution is 2.38. The van der Waals surface area contributed by atoms with Crippen molar-refractivity contribution in [2.75, 3.05) is 24.3 Å². The summed E-state index contributed by atoms with van der Waals surface area (Å²) in [6, 6.07) is 6.59. The number of hydrogen-bond acceptors (Lipinski definition) is 5. The van der Waals surface area contributed by atoms with Gasteiger partial charge in [0, 0.05) is 23.7 Å². The summed E-state index contributed by atoms with van der Waals surface area (Å²) in [4.78, 5) is 1.81. The topological polar surface area (TPSA) is 64.4 Å². The van der Waals surface area contributed by atoms with Crippen LogP contribution in [0.3, 0.4) is 0 Å². The van der Waals surface area contributed by atoms with E-state index in [1.165, 1.54) is 12.1 Å². The Balaban J connectivity index is 1.91. The molecule has 1 aliphatic heterocycles. The molecule has 2 heterocycles. The number of nitrogens with zero attached hydrogens (tertiary/aromatic N) is 3. The van der Waals surface area contributed by atoms with Crippen molar-refractivity contribution < 1.29 is 25.8 Å². The molecule has 0 saturated heterocycles. The molecule has 2 aromatic rings. The molecule has 1 unspecified atom stereocenters. The molecule has 26 heavy (non-hydrogen) atoms. The highest BCUT2D eigenvalue weighted by atomic mass is 32.2. The van der Waals surface area contributed by atoms with Crippen molar-refractivity contribution in [3.05, 3.63) is 42.1 Å². The van der Waals surface area contributed by atoms with Crippen molar-refractivity contribution in [3.8, 4) is 0 Å². The minimum absolute atomic E-state index is 0.0533. The highest BCUT2D eigenvalue weighted by molar-refractivity contribution is 7.85. The summed E-state index contributed by atoms with van der Waals surface area (Å²) in [5.74, 6) is 0.724. The molecule has 10 heteroatoms. The van der Waals surface area contributed by atoms with Crippen LogP contribution in [0, 0.1) is 5.41 Å². The molecule has 0 N–H and O–H groups in total. The quantitative estimate of drug-likeness (QED) is 0.752. The molecule has 0 spiro atoms. The first kappa shape index (κ1) is 18.7. The van der Waals surface area contributed by atoms with Gasteiger partial charge in [-0.25, -0.2) is 4.68 Å². The van der Waals surface area contributed by atoms with Crippen LogP contribution in [-0.2, 0) is 27.0 Å². The first-order valence-electron chi connectivity index (χ1n) is 7.78. The summed E-state index contributed by atoms with van der Waals surface area (Å²) in [6.07, 6.45) is -1.83. The molecule has 3 rings (SSSR count). The molecule has 0 bridgehead atoms. The van der Waals surface area contributed by atoms with E-state index in [0.29, 0.717) is 18.8 Å².